The average molecular weight is 192 g/mol. The molecule has 72 valence electrons. The second kappa shape index (κ2) is 4.09. The molecule has 0 aromatic carbocycles. The number of nitrogens with one attached hydrogen (secondary N) is 1. The average Bonchev–Trinajstić information content (AvgIpc) is 2.46. The van der Waals surface area contributed by atoms with Crippen LogP contribution in [0.25, 0.3) is 6.08 Å². The van der Waals surface area contributed by atoms with E-state index < -0.39 is 5.97 Å². The van der Waals surface area contributed by atoms with Crippen LogP contribution in [-0.4, -0.2) is 21.3 Å². The van der Waals surface area contributed by atoms with Crippen molar-refractivity contribution in [1.29, 1.82) is 5.26 Å². The number of carboxylic acid groups (broad SMARTS) is 1. The Kier molecular flexibility index (Phi) is 2.86. The Labute approximate surface area is 79.7 Å². The van der Waals surface area contributed by atoms with Crippen LogP contribution in [0.1, 0.15) is 17.7 Å². The molecule has 0 spiro atoms. The lowest BCUT2D eigenvalue weighted by Gasteiger charge is -1.87. The van der Waals surface area contributed by atoms with Gasteiger partial charge >= 0.3 is 5.97 Å². The molecule has 0 fully saturated rings. The summed E-state index contributed by atoms with van der Waals surface area (Å²) in [6.07, 6.45) is 2.77. The van der Waals surface area contributed by atoms with Crippen LogP contribution in [0.15, 0.2) is 6.08 Å². The van der Waals surface area contributed by atoms with Crippen LogP contribution < -0.4 is 5.73 Å². The van der Waals surface area contributed by atoms with Gasteiger partial charge in [-0.15, -0.1) is 0 Å². The number of carbonyl (C=O) groups is 1. The summed E-state index contributed by atoms with van der Waals surface area (Å²) in [4.78, 5) is 10.2. The van der Waals surface area contributed by atoms with Crippen LogP contribution in [0.5, 0.6) is 0 Å². The minimum absolute atomic E-state index is 0.107. The van der Waals surface area contributed by atoms with Crippen LogP contribution in [-0.2, 0) is 4.79 Å². The van der Waals surface area contributed by atoms with E-state index in [1.807, 2.05) is 6.07 Å². The van der Waals surface area contributed by atoms with Crippen molar-refractivity contribution in [3.05, 3.63) is 17.3 Å². The number of nitrogens with zero attached hydrogens (tertiary/aromatic N) is 2. The SMILES string of the molecule is N#Cc1c(N)n[nH]c1C=CCC(=O)O. The van der Waals surface area contributed by atoms with Gasteiger partial charge in [-0.2, -0.15) is 10.4 Å². The summed E-state index contributed by atoms with van der Waals surface area (Å²) in [5, 5.41) is 23.2. The first kappa shape index (κ1) is 9.80. The van der Waals surface area contributed by atoms with E-state index in [-0.39, 0.29) is 17.8 Å². The van der Waals surface area contributed by atoms with Crippen molar-refractivity contribution < 1.29 is 9.90 Å². The molecule has 6 nitrogen and oxygen atoms in total. The second-order valence-corrected chi connectivity index (χ2v) is 2.51. The number of nitriles is 1. The Morgan fingerprint density at radius 1 is 1.79 bits per heavy atom. The Morgan fingerprint density at radius 2 is 2.50 bits per heavy atom. The van der Waals surface area contributed by atoms with E-state index in [9.17, 15) is 4.79 Å². The quantitative estimate of drug-likeness (QED) is 0.639. The Hall–Kier alpha value is -2.29. The number of aromatic nitrogens is 2. The Bertz CT molecular complexity index is 413. The molecule has 0 saturated heterocycles. The molecule has 6 heteroatoms. The van der Waals surface area contributed by atoms with E-state index in [0.717, 1.165) is 0 Å². The Balaban J connectivity index is 2.82. The molecular weight excluding hydrogens is 184 g/mol. The monoisotopic (exact) mass is 192 g/mol. The first-order valence-corrected chi connectivity index (χ1v) is 3.77. The van der Waals surface area contributed by atoms with E-state index in [1.54, 1.807) is 0 Å². The van der Waals surface area contributed by atoms with E-state index in [4.69, 9.17) is 16.1 Å². The molecule has 0 radical (unpaired) electrons. The maximum atomic E-state index is 10.2. The minimum Gasteiger partial charge on any atom is -0.481 e. The minimum atomic E-state index is -0.938. The zero-order valence-corrected chi connectivity index (χ0v) is 7.19. The van der Waals surface area contributed by atoms with Gasteiger partial charge in [0.25, 0.3) is 0 Å². The van der Waals surface area contributed by atoms with Gasteiger partial charge in [-0.05, 0) is 6.08 Å². The molecule has 0 bridgehead atoms. The molecule has 0 amide bonds. The molecule has 1 aromatic heterocycles. The predicted molar refractivity (Wildman–Crippen MR) is 49.0 cm³/mol. The first-order chi connectivity index (χ1) is 6.65. The van der Waals surface area contributed by atoms with Crippen LogP contribution >= 0.6 is 0 Å². The van der Waals surface area contributed by atoms with Crippen molar-refractivity contribution in [2.75, 3.05) is 5.73 Å². The predicted octanol–water partition coefficient (Wildman–Crippen LogP) is 0.351. The van der Waals surface area contributed by atoms with E-state index >= 15 is 0 Å². The van der Waals surface area contributed by atoms with Gasteiger partial charge in [-0.25, -0.2) is 0 Å². The smallest absolute Gasteiger partial charge is 0.307 e. The first-order valence-electron chi connectivity index (χ1n) is 3.77. The van der Waals surface area contributed by atoms with Crippen molar-refractivity contribution in [2.24, 2.45) is 0 Å². The van der Waals surface area contributed by atoms with Gasteiger partial charge < -0.3 is 10.8 Å². The number of aromatic amines is 1. The topological polar surface area (TPSA) is 116 Å². The lowest BCUT2D eigenvalue weighted by molar-refractivity contribution is -0.135. The summed E-state index contributed by atoms with van der Waals surface area (Å²) >= 11 is 0. The number of aliphatic carboxylic acids is 1. The summed E-state index contributed by atoms with van der Waals surface area (Å²) in [5.41, 5.74) is 6.02. The summed E-state index contributed by atoms with van der Waals surface area (Å²) in [6.45, 7) is 0. The van der Waals surface area contributed by atoms with Crippen LogP contribution in [0, 0.1) is 11.3 Å². The molecule has 0 saturated carbocycles. The van der Waals surface area contributed by atoms with Gasteiger partial charge in [-0.3, -0.25) is 9.89 Å². The fourth-order valence-corrected chi connectivity index (χ4v) is 0.886. The number of hydrogen-bond acceptors (Lipinski definition) is 4. The highest BCUT2D eigenvalue weighted by molar-refractivity contribution is 5.71. The maximum absolute atomic E-state index is 10.2. The zero-order chi connectivity index (χ0) is 10.6. The third-order valence-corrected chi connectivity index (χ3v) is 1.51. The number of anilines is 1. The number of nitrogens with two attached hydrogens (primary N) is 1. The van der Waals surface area contributed by atoms with Gasteiger partial charge in [0.1, 0.15) is 11.6 Å². The van der Waals surface area contributed by atoms with Gasteiger partial charge in [0.15, 0.2) is 5.82 Å². The summed E-state index contributed by atoms with van der Waals surface area (Å²) in [7, 11) is 0. The molecule has 0 atom stereocenters. The third kappa shape index (κ3) is 2.10. The van der Waals surface area contributed by atoms with Crippen molar-refractivity contribution in [2.45, 2.75) is 6.42 Å². The molecule has 1 rings (SSSR count). The summed E-state index contributed by atoms with van der Waals surface area (Å²) < 4.78 is 0. The highest BCUT2D eigenvalue weighted by Gasteiger charge is 2.06. The number of carboxylic acids is 1. The molecule has 1 heterocycles. The Morgan fingerprint density at radius 3 is 3.07 bits per heavy atom. The van der Waals surface area contributed by atoms with E-state index in [0.29, 0.717) is 5.69 Å². The van der Waals surface area contributed by atoms with Crippen molar-refractivity contribution >= 4 is 17.9 Å². The van der Waals surface area contributed by atoms with Crippen LogP contribution in [0.4, 0.5) is 5.82 Å². The zero-order valence-electron chi connectivity index (χ0n) is 7.19. The van der Waals surface area contributed by atoms with Gasteiger partial charge in [0.05, 0.1) is 12.1 Å². The summed E-state index contributed by atoms with van der Waals surface area (Å²) in [5.74, 6) is -0.824. The fourth-order valence-electron chi connectivity index (χ4n) is 0.886. The van der Waals surface area contributed by atoms with Gasteiger partial charge in [0, 0.05) is 0 Å². The fraction of sp³-hybridized carbons (Fsp3) is 0.125. The maximum Gasteiger partial charge on any atom is 0.307 e. The van der Waals surface area contributed by atoms with E-state index in [2.05, 4.69) is 10.2 Å². The number of rotatable bonds is 3. The molecule has 0 aliphatic rings. The molecule has 14 heavy (non-hydrogen) atoms. The number of nitrogen functional groups attached to an aromatic ring is 1. The lowest BCUT2D eigenvalue weighted by atomic mass is 10.2. The number of hydrogen-bond donors (Lipinski definition) is 3. The normalized spacial score (nSPS) is 10.2. The van der Waals surface area contributed by atoms with Gasteiger partial charge in [-0.1, -0.05) is 6.08 Å². The second-order valence-electron chi connectivity index (χ2n) is 2.51. The standard InChI is InChI=1S/C8H8N4O2/c9-4-5-6(11-12-8(5)10)2-1-3-7(13)14/h1-2H,3H2,(H,13,14)(H3,10,11,12). The molecule has 0 aliphatic carbocycles. The van der Waals surface area contributed by atoms with Crippen molar-refractivity contribution in [3.8, 4) is 6.07 Å². The number of H-pyrrole nitrogens is 1. The summed E-state index contributed by atoms with van der Waals surface area (Å²) in [6, 6.07) is 1.86. The molecule has 1 aromatic rings. The third-order valence-electron chi connectivity index (χ3n) is 1.51. The van der Waals surface area contributed by atoms with Crippen LogP contribution in [0.3, 0.4) is 0 Å². The lowest BCUT2D eigenvalue weighted by Crippen LogP contribution is -1.90. The van der Waals surface area contributed by atoms with E-state index in [1.165, 1.54) is 12.2 Å². The molecular formula is C8H8N4O2. The molecule has 4 N–H and O–H groups in total. The van der Waals surface area contributed by atoms with Crippen LogP contribution in [0.2, 0.25) is 0 Å². The molecule has 0 aliphatic heterocycles. The van der Waals surface area contributed by atoms with Crippen molar-refractivity contribution in [1.82, 2.24) is 10.2 Å². The highest BCUT2D eigenvalue weighted by atomic mass is 16.4. The van der Waals surface area contributed by atoms with Crippen molar-refractivity contribution in [3.63, 3.8) is 0 Å². The largest absolute Gasteiger partial charge is 0.481 e. The molecule has 0 unspecified atom stereocenters. The van der Waals surface area contributed by atoms with Gasteiger partial charge in [0.2, 0.25) is 0 Å². The highest BCUT2D eigenvalue weighted by Crippen LogP contribution is 2.12.